The third-order valence-corrected chi connectivity index (χ3v) is 4.12. The van der Waals surface area contributed by atoms with Crippen molar-refractivity contribution < 1.29 is 0 Å². The molecule has 0 saturated heterocycles. The Morgan fingerprint density at radius 3 is 1.74 bits per heavy atom. The maximum atomic E-state index is 3.48. The van der Waals surface area contributed by atoms with Gasteiger partial charge in [-0.2, -0.15) is 0 Å². The van der Waals surface area contributed by atoms with Crippen molar-refractivity contribution in [1.29, 1.82) is 0 Å². The van der Waals surface area contributed by atoms with Gasteiger partial charge in [-0.3, -0.25) is 0 Å². The number of hydrogen-bond donors (Lipinski definition) is 1. The normalized spacial score (nSPS) is 14.4. The van der Waals surface area contributed by atoms with Gasteiger partial charge in [-0.05, 0) is 51.6 Å². The molecule has 3 nitrogen and oxygen atoms in total. The molecule has 19 heavy (non-hydrogen) atoms. The first-order valence-corrected chi connectivity index (χ1v) is 8.00. The van der Waals surface area contributed by atoms with Crippen LogP contribution in [0, 0.1) is 5.41 Å². The van der Waals surface area contributed by atoms with Crippen LogP contribution >= 0.6 is 0 Å². The molecule has 0 spiro atoms. The molecule has 0 heterocycles. The van der Waals surface area contributed by atoms with Crippen LogP contribution in [0.1, 0.15) is 48.0 Å². The molecule has 0 aliphatic rings. The van der Waals surface area contributed by atoms with E-state index in [-0.39, 0.29) is 0 Å². The fraction of sp³-hybridized carbons (Fsp3) is 1.00. The van der Waals surface area contributed by atoms with Crippen molar-refractivity contribution in [1.82, 2.24) is 15.1 Å². The number of likely N-dealkylation sites (N-methyl/N-ethyl adjacent to an activating group) is 2. The predicted octanol–water partition coefficient (Wildman–Crippen LogP) is 2.67. The average molecular weight is 271 g/mol. The van der Waals surface area contributed by atoms with E-state index in [4.69, 9.17) is 0 Å². The molecule has 0 aliphatic carbocycles. The van der Waals surface area contributed by atoms with E-state index >= 15 is 0 Å². The summed E-state index contributed by atoms with van der Waals surface area (Å²) >= 11 is 0. The van der Waals surface area contributed by atoms with Crippen molar-refractivity contribution in [3.05, 3.63) is 0 Å². The van der Waals surface area contributed by atoms with Gasteiger partial charge in [0, 0.05) is 12.6 Å². The minimum atomic E-state index is 0.320. The van der Waals surface area contributed by atoms with Crippen LogP contribution in [-0.4, -0.2) is 62.2 Å². The van der Waals surface area contributed by atoms with Gasteiger partial charge in [0.15, 0.2) is 0 Å². The lowest BCUT2D eigenvalue weighted by atomic mass is 9.86. The van der Waals surface area contributed by atoms with Crippen LogP contribution in [-0.2, 0) is 0 Å². The standard InChI is InChI=1S/C16H37N3/c1-8-18(9-2)12-11-13-19(10-3)14-15(17-7)16(4,5)6/h15,17H,8-14H2,1-7H3. The maximum absolute atomic E-state index is 3.48. The van der Waals surface area contributed by atoms with Crippen LogP contribution < -0.4 is 5.32 Å². The fourth-order valence-electron chi connectivity index (χ4n) is 2.49. The Labute approximate surface area is 121 Å². The summed E-state index contributed by atoms with van der Waals surface area (Å²) in [5.74, 6) is 0. The van der Waals surface area contributed by atoms with Crippen molar-refractivity contribution in [3.8, 4) is 0 Å². The summed E-state index contributed by atoms with van der Waals surface area (Å²) < 4.78 is 0. The topological polar surface area (TPSA) is 18.5 Å². The van der Waals surface area contributed by atoms with Gasteiger partial charge < -0.3 is 15.1 Å². The molecule has 0 rings (SSSR count). The molecule has 1 atom stereocenters. The summed E-state index contributed by atoms with van der Waals surface area (Å²) in [7, 11) is 2.08. The molecule has 116 valence electrons. The SMILES string of the molecule is CCN(CC)CCCN(CC)CC(NC)C(C)(C)C. The third-order valence-electron chi connectivity index (χ3n) is 4.12. The molecule has 3 heteroatoms. The Kier molecular flexibility index (Phi) is 9.67. The van der Waals surface area contributed by atoms with E-state index in [0.717, 1.165) is 13.1 Å². The third kappa shape index (κ3) is 7.91. The number of rotatable bonds is 10. The molecule has 0 aromatic carbocycles. The second-order valence-corrected chi connectivity index (χ2v) is 6.48. The zero-order chi connectivity index (χ0) is 14.9. The minimum absolute atomic E-state index is 0.320. The van der Waals surface area contributed by atoms with Crippen LogP contribution in [0.3, 0.4) is 0 Å². The van der Waals surface area contributed by atoms with E-state index in [1.165, 1.54) is 32.6 Å². The summed E-state index contributed by atoms with van der Waals surface area (Å²) in [6.07, 6.45) is 1.27. The molecular weight excluding hydrogens is 234 g/mol. The highest BCUT2D eigenvalue weighted by molar-refractivity contribution is 4.82. The van der Waals surface area contributed by atoms with Gasteiger partial charge in [-0.1, -0.05) is 41.5 Å². The molecule has 0 fully saturated rings. The quantitative estimate of drug-likeness (QED) is 0.659. The molecule has 1 unspecified atom stereocenters. The second kappa shape index (κ2) is 9.73. The first-order valence-electron chi connectivity index (χ1n) is 8.00. The lowest BCUT2D eigenvalue weighted by Crippen LogP contribution is -2.47. The van der Waals surface area contributed by atoms with Crippen LogP contribution in [0.25, 0.3) is 0 Å². The highest BCUT2D eigenvalue weighted by Crippen LogP contribution is 2.19. The lowest BCUT2D eigenvalue weighted by Gasteiger charge is -2.35. The summed E-state index contributed by atoms with van der Waals surface area (Å²) in [5, 5.41) is 3.48. The first kappa shape index (κ1) is 18.9. The van der Waals surface area contributed by atoms with E-state index in [0.29, 0.717) is 11.5 Å². The molecule has 0 saturated carbocycles. The van der Waals surface area contributed by atoms with Crippen LogP contribution in [0.4, 0.5) is 0 Å². The first-order chi connectivity index (χ1) is 8.88. The van der Waals surface area contributed by atoms with Crippen LogP contribution in [0.5, 0.6) is 0 Å². The molecule has 0 radical (unpaired) electrons. The smallest absolute Gasteiger partial charge is 0.0240 e. The Hall–Kier alpha value is -0.120. The lowest BCUT2D eigenvalue weighted by molar-refractivity contribution is 0.175. The van der Waals surface area contributed by atoms with Crippen molar-refractivity contribution in [2.45, 2.75) is 54.0 Å². The Balaban J connectivity index is 4.13. The van der Waals surface area contributed by atoms with E-state index in [9.17, 15) is 0 Å². The molecule has 0 bridgehead atoms. The van der Waals surface area contributed by atoms with Gasteiger partial charge in [0.1, 0.15) is 0 Å². The van der Waals surface area contributed by atoms with Gasteiger partial charge >= 0.3 is 0 Å². The summed E-state index contributed by atoms with van der Waals surface area (Å²) in [5.41, 5.74) is 0.320. The summed E-state index contributed by atoms with van der Waals surface area (Å²) in [4.78, 5) is 5.09. The highest BCUT2D eigenvalue weighted by atomic mass is 15.2. The van der Waals surface area contributed by atoms with Gasteiger partial charge in [0.2, 0.25) is 0 Å². The number of nitrogens with zero attached hydrogens (tertiary/aromatic N) is 2. The van der Waals surface area contributed by atoms with Crippen molar-refractivity contribution >= 4 is 0 Å². The molecular formula is C16H37N3. The monoisotopic (exact) mass is 271 g/mol. The van der Waals surface area contributed by atoms with Crippen molar-refractivity contribution in [2.75, 3.05) is 46.3 Å². The molecule has 0 aromatic rings. The van der Waals surface area contributed by atoms with Crippen molar-refractivity contribution in [2.24, 2.45) is 5.41 Å². The molecule has 1 N–H and O–H groups in total. The van der Waals surface area contributed by atoms with E-state index in [1.54, 1.807) is 0 Å². The zero-order valence-corrected chi connectivity index (χ0v) is 14.4. The number of nitrogens with one attached hydrogen (secondary N) is 1. The second-order valence-electron chi connectivity index (χ2n) is 6.48. The fourth-order valence-corrected chi connectivity index (χ4v) is 2.49. The van der Waals surface area contributed by atoms with E-state index < -0.39 is 0 Å². The van der Waals surface area contributed by atoms with Gasteiger partial charge in [-0.15, -0.1) is 0 Å². The molecule has 0 aromatic heterocycles. The highest BCUT2D eigenvalue weighted by Gasteiger charge is 2.24. The number of hydrogen-bond acceptors (Lipinski definition) is 3. The summed E-state index contributed by atoms with van der Waals surface area (Å²) in [6, 6.07) is 0.556. The summed E-state index contributed by atoms with van der Waals surface area (Å²) in [6.45, 7) is 20.8. The maximum Gasteiger partial charge on any atom is 0.0240 e. The molecule has 0 aliphatic heterocycles. The zero-order valence-electron chi connectivity index (χ0n) is 14.4. The Bertz CT molecular complexity index is 207. The van der Waals surface area contributed by atoms with Crippen LogP contribution in [0.15, 0.2) is 0 Å². The average Bonchev–Trinajstić information content (AvgIpc) is 2.36. The molecule has 0 amide bonds. The minimum Gasteiger partial charge on any atom is -0.315 e. The van der Waals surface area contributed by atoms with E-state index in [1.807, 2.05) is 0 Å². The van der Waals surface area contributed by atoms with Gasteiger partial charge in [-0.25, -0.2) is 0 Å². The predicted molar refractivity (Wildman–Crippen MR) is 86.8 cm³/mol. The van der Waals surface area contributed by atoms with Gasteiger partial charge in [0.05, 0.1) is 0 Å². The van der Waals surface area contributed by atoms with E-state index in [2.05, 4.69) is 63.7 Å². The Morgan fingerprint density at radius 2 is 1.37 bits per heavy atom. The van der Waals surface area contributed by atoms with Gasteiger partial charge in [0.25, 0.3) is 0 Å². The largest absolute Gasteiger partial charge is 0.315 e. The Morgan fingerprint density at radius 1 is 0.895 bits per heavy atom. The van der Waals surface area contributed by atoms with Crippen LogP contribution in [0.2, 0.25) is 0 Å². The van der Waals surface area contributed by atoms with Crippen molar-refractivity contribution in [3.63, 3.8) is 0 Å².